The number of hydrogen-bond donors (Lipinski definition) is 3. The number of nitrogens with two attached hydrogens (primary N) is 1. The molecule has 142 valence electrons. The minimum atomic E-state index is -0.568. The van der Waals surface area contributed by atoms with E-state index in [2.05, 4.69) is 10.2 Å². The number of benzene rings is 2. The standard InChI is InChI=1S/C21H25N3O3/c22-21(27)17-8-4-5-9-18(17)23-19(25)14-24-12-10-16(11-13-24)20(26)15-6-2-1-3-7-15/h1-9,16,20,26H,10-14H2,(H2,22,27)(H,23,25). The smallest absolute Gasteiger partial charge is 0.250 e. The van der Waals surface area contributed by atoms with Gasteiger partial charge in [0.15, 0.2) is 0 Å². The second-order valence-corrected chi connectivity index (χ2v) is 6.93. The maximum atomic E-state index is 12.3. The number of primary amides is 1. The van der Waals surface area contributed by atoms with Gasteiger partial charge >= 0.3 is 0 Å². The molecule has 0 bridgehead atoms. The van der Waals surface area contributed by atoms with Crippen LogP contribution in [0.4, 0.5) is 5.69 Å². The maximum Gasteiger partial charge on any atom is 0.250 e. The van der Waals surface area contributed by atoms with Crippen molar-refractivity contribution < 1.29 is 14.7 Å². The van der Waals surface area contributed by atoms with Crippen LogP contribution in [0.1, 0.15) is 34.9 Å². The second kappa shape index (κ2) is 8.79. The topological polar surface area (TPSA) is 95.7 Å². The Labute approximate surface area is 159 Å². The molecule has 2 aromatic carbocycles. The zero-order valence-corrected chi connectivity index (χ0v) is 15.2. The molecule has 6 nitrogen and oxygen atoms in total. The first-order valence-corrected chi connectivity index (χ1v) is 9.18. The monoisotopic (exact) mass is 367 g/mol. The highest BCUT2D eigenvalue weighted by molar-refractivity contribution is 6.03. The lowest BCUT2D eigenvalue weighted by molar-refractivity contribution is -0.117. The van der Waals surface area contributed by atoms with Crippen molar-refractivity contribution in [2.24, 2.45) is 11.7 Å². The van der Waals surface area contributed by atoms with Crippen LogP contribution in [0.5, 0.6) is 0 Å². The van der Waals surface area contributed by atoms with Gasteiger partial charge in [-0.2, -0.15) is 0 Å². The lowest BCUT2D eigenvalue weighted by atomic mass is 9.87. The van der Waals surface area contributed by atoms with E-state index in [1.807, 2.05) is 30.3 Å². The van der Waals surface area contributed by atoms with Gasteiger partial charge in [-0.3, -0.25) is 14.5 Å². The van der Waals surface area contributed by atoms with Crippen molar-refractivity contribution in [2.75, 3.05) is 25.0 Å². The molecule has 3 rings (SSSR count). The molecule has 0 saturated carbocycles. The van der Waals surface area contributed by atoms with Crippen molar-refractivity contribution in [1.82, 2.24) is 4.90 Å². The number of piperidine rings is 1. The Morgan fingerprint density at radius 1 is 1.07 bits per heavy atom. The molecule has 27 heavy (non-hydrogen) atoms. The highest BCUT2D eigenvalue weighted by atomic mass is 16.3. The Hall–Kier alpha value is -2.70. The number of para-hydroxylation sites is 1. The Morgan fingerprint density at radius 2 is 1.70 bits per heavy atom. The predicted molar refractivity (Wildman–Crippen MR) is 104 cm³/mol. The largest absolute Gasteiger partial charge is 0.388 e. The summed E-state index contributed by atoms with van der Waals surface area (Å²) in [6, 6.07) is 16.4. The summed E-state index contributed by atoms with van der Waals surface area (Å²) in [4.78, 5) is 25.9. The van der Waals surface area contributed by atoms with Gasteiger partial charge in [0.05, 0.1) is 23.9 Å². The minimum absolute atomic E-state index is 0.175. The van der Waals surface area contributed by atoms with Crippen LogP contribution >= 0.6 is 0 Å². The molecule has 1 fully saturated rings. The van der Waals surface area contributed by atoms with E-state index >= 15 is 0 Å². The zero-order chi connectivity index (χ0) is 19.2. The summed E-state index contributed by atoms with van der Waals surface area (Å²) in [5.74, 6) is -0.547. The number of rotatable bonds is 6. The Balaban J connectivity index is 1.51. The predicted octanol–water partition coefficient (Wildman–Crippen LogP) is 2.17. The molecule has 2 aromatic rings. The van der Waals surface area contributed by atoms with Crippen molar-refractivity contribution in [3.8, 4) is 0 Å². The quantitative estimate of drug-likeness (QED) is 0.729. The molecule has 6 heteroatoms. The third-order valence-electron chi connectivity index (χ3n) is 5.05. The number of hydrogen-bond acceptors (Lipinski definition) is 4. The first-order valence-electron chi connectivity index (χ1n) is 9.18. The van der Waals surface area contributed by atoms with E-state index in [-0.39, 0.29) is 18.4 Å². The van der Waals surface area contributed by atoms with Crippen molar-refractivity contribution in [2.45, 2.75) is 18.9 Å². The average molecular weight is 367 g/mol. The Morgan fingerprint density at radius 3 is 2.37 bits per heavy atom. The van der Waals surface area contributed by atoms with Crippen LogP contribution in [0.15, 0.2) is 54.6 Å². The van der Waals surface area contributed by atoms with Gasteiger partial charge in [0.1, 0.15) is 0 Å². The molecule has 2 amide bonds. The third-order valence-corrected chi connectivity index (χ3v) is 5.05. The molecular weight excluding hydrogens is 342 g/mol. The molecular formula is C21H25N3O3. The summed E-state index contributed by atoms with van der Waals surface area (Å²) in [6.07, 6.45) is 1.20. The van der Waals surface area contributed by atoms with E-state index in [1.54, 1.807) is 24.3 Å². The molecule has 1 heterocycles. The van der Waals surface area contributed by atoms with Crippen LogP contribution in [0.3, 0.4) is 0 Å². The first-order chi connectivity index (χ1) is 13.0. The number of likely N-dealkylation sites (tertiary alicyclic amines) is 1. The summed E-state index contributed by atoms with van der Waals surface area (Å²) in [5.41, 5.74) is 7.02. The number of anilines is 1. The summed E-state index contributed by atoms with van der Waals surface area (Å²) >= 11 is 0. The van der Waals surface area contributed by atoms with Gasteiger partial charge in [-0.15, -0.1) is 0 Å². The van der Waals surface area contributed by atoms with Crippen LogP contribution in [-0.2, 0) is 4.79 Å². The summed E-state index contributed by atoms with van der Waals surface area (Å²) in [6.45, 7) is 1.75. The minimum Gasteiger partial charge on any atom is -0.388 e. The van der Waals surface area contributed by atoms with Crippen LogP contribution in [0.25, 0.3) is 0 Å². The van der Waals surface area contributed by atoms with Gasteiger partial charge in [0.2, 0.25) is 5.91 Å². The van der Waals surface area contributed by atoms with E-state index in [1.165, 1.54) is 0 Å². The number of nitrogens with zero attached hydrogens (tertiary/aromatic N) is 1. The number of aliphatic hydroxyl groups is 1. The van der Waals surface area contributed by atoms with Crippen molar-refractivity contribution in [1.29, 1.82) is 0 Å². The SMILES string of the molecule is NC(=O)c1ccccc1NC(=O)CN1CCC(C(O)c2ccccc2)CC1. The molecule has 0 aliphatic carbocycles. The number of nitrogens with one attached hydrogen (secondary N) is 1. The van der Waals surface area contributed by atoms with Gasteiger partial charge in [0.25, 0.3) is 5.91 Å². The maximum absolute atomic E-state index is 12.3. The molecule has 0 spiro atoms. The van der Waals surface area contributed by atoms with E-state index in [0.29, 0.717) is 11.3 Å². The van der Waals surface area contributed by atoms with Gasteiger partial charge in [-0.25, -0.2) is 0 Å². The lowest BCUT2D eigenvalue weighted by Crippen LogP contribution is -2.40. The van der Waals surface area contributed by atoms with Gasteiger partial charge in [-0.05, 0) is 49.5 Å². The number of carbonyl (C=O) groups is 2. The summed E-state index contributed by atoms with van der Waals surface area (Å²) < 4.78 is 0. The van der Waals surface area contributed by atoms with E-state index in [0.717, 1.165) is 31.5 Å². The highest BCUT2D eigenvalue weighted by Crippen LogP contribution is 2.30. The van der Waals surface area contributed by atoms with E-state index < -0.39 is 12.0 Å². The summed E-state index contributed by atoms with van der Waals surface area (Å²) in [5, 5.41) is 13.3. The average Bonchev–Trinajstić information content (AvgIpc) is 2.69. The van der Waals surface area contributed by atoms with Gasteiger partial charge in [0, 0.05) is 0 Å². The molecule has 1 atom stereocenters. The third kappa shape index (κ3) is 4.93. The normalized spacial score (nSPS) is 16.6. The molecule has 1 saturated heterocycles. The fraction of sp³-hybridized carbons (Fsp3) is 0.333. The van der Waals surface area contributed by atoms with Gasteiger partial charge in [-0.1, -0.05) is 42.5 Å². The van der Waals surface area contributed by atoms with Crippen LogP contribution < -0.4 is 11.1 Å². The lowest BCUT2D eigenvalue weighted by Gasteiger charge is -2.34. The second-order valence-electron chi connectivity index (χ2n) is 6.93. The molecule has 4 N–H and O–H groups in total. The van der Waals surface area contributed by atoms with Crippen LogP contribution in [0.2, 0.25) is 0 Å². The Bertz CT molecular complexity index is 786. The van der Waals surface area contributed by atoms with Crippen molar-refractivity contribution in [3.63, 3.8) is 0 Å². The van der Waals surface area contributed by atoms with Crippen molar-refractivity contribution >= 4 is 17.5 Å². The first kappa shape index (κ1) is 19.1. The molecule has 0 aromatic heterocycles. The molecule has 1 aliphatic rings. The zero-order valence-electron chi connectivity index (χ0n) is 15.2. The fourth-order valence-corrected chi connectivity index (χ4v) is 3.55. The van der Waals surface area contributed by atoms with E-state index in [9.17, 15) is 14.7 Å². The number of amides is 2. The molecule has 0 radical (unpaired) electrons. The number of carbonyl (C=O) groups excluding carboxylic acids is 2. The fourth-order valence-electron chi connectivity index (χ4n) is 3.55. The number of aliphatic hydroxyl groups excluding tert-OH is 1. The van der Waals surface area contributed by atoms with Crippen LogP contribution in [-0.4, -0.2) is 41.5 Å². The molecule has 1 aliphatic heterocycles. The molecule has 1 unspecified atom stereocenters. The highest BCUT2D eigenvalue weighted by Gasteiger charge is 2.27. The summed E-state index contributed by atoms with van der Waals surface area (Å²) in [7, 11) is 0. The van der Waals surface area contributed by atoms with Crippen LogP contribution in [0, 0.1) is 5.92 Å². The Kier molecular flexibility index (Phi) is 6.21. The van der Waals surface area contributed by atoms with E-state index in [4.69, 9.17) is 5.73 Å². The van der Waals surface area contributed by atoms with Crippen molar-refractivity contribution in [3.05, 3.63) is 65.7 Å². The van der Waals surface area contributed by atoms with Gasteiger partial charge < -0.3 is 16.2 Å².